The molecule has 1 aromatic carbocycles. The molecule has 4 heterocycles. The molecule has 2 fully saturated rings. The Balaban J connectivity index is 1.66. The van der Waals surface area contributed by atoms with Gasteiger partial charge in [-0.05, 0) is 62.6 Å². The molecule has 44 heavy (non-hydrogen) atoms. The molecule has 10 nitrogen and oxygen atoms in total. The molecule has 1 aliphatic carbocycles. The van der Waals surface area contributed by atoms with E-state index < -0.39 is 38.0 Å². The maximum absolute atomic E-state index is 15.0. The number of aryl methyl sites for hydroxylation is 1. The lowest BCUT2D eigenvalue weighted by Gasteiger charge is -2.40. The van der Waals surface area contributed by atoms with Crippen molar-refractivity contribution < 1.29 is 22.0 Å². The molecule has 3 aromatic heterocycles. The van der Waals surface area contributed by atoms with Crippen LogP contribution in [0.1, 0.15) is 25.3 Å². The second-order valence-electron chi connectivity index (χ2n) is 10.9. The topological polar surface area (TPSA) is 118 Å². The van der Waals surface area contributed by atoms with Gasteiger partial charge < -0.3 is 9.80 Å². The largest absolute Gasteiger partial charge is 0.355 e. The van der Waals surface area contributed by atoms with Gasteiger partial charge in [0.2, 0.25) is 15.7 Å². The minimum atomic E-state index is -3.92. The highest BCUT2D eigenvalue weighted by Crippen LogP contribution is 2.39. The van der Waals surface area contributed by atoms with Crippen molar-refractivity contribution in [2.24, 2.45) is 0 Å². The van der Waals surface area contributed by atoms with E-state index in [1.54, 1.807) is 17.9 Å². The highest BCUT2D eigenvalue weighted by atomic mass is 35.5. The smallest absolute Gasteiger partial charge is 0.350 e. The van der Waals surface area contributed by atoms with E-state index in [0.717, 1.165) is 16.7 Å². The van der Waals surface area contributed by atoms with Crippen molar-refractivity contribution in [2.75, 3.05) is 24.5 Å². The van der Waals surface area contributed by atoms with Gasteiger partial charge in [-0.15, -0.1) is 0 Å². The summed E-state index contributed by atoms with van der Waals surface area (Å²) in [4.78, 5) is 42.8. The molecule has 1 atom stereocenters. The molecular formula is C30H27ClF2N6O4S. The van der Waals surface area contributed by atoms with Crippen molar-refractivity contribution in [3.63, 3.8) is 0 Å². The maximum Gasteiger partial charge on any atom is 0.355 e. The Kier molecular flexibility index (Phi) is 7.49. The Bertz CT molecular complexity index is 2010. The average Bonchev–Trinajstić information content (AvgIpc) is 3.84. The second-order valence-corrected chi connectivity index (χ2v) is 13.4. The summed E-state index contributed by atoms with van der Waals surface area (Å²) in [7, 11) is -3.92. The highest BCUT2D eigenvalue weighted by molar-refractivity contribution is 7.92. The summed E-state index contributed by atoms with van der Waals surface area (Å²) in [5.41, 5.74) is -1.40. The van der Waals surface area contributed by atoms with Gasteiger partial charge in [0.1, 0.15) is 17.5 Å². The Morgan fingerprint density at radius 1 is 1.14 bits per heavy atom. The summed E-state index contributed by atoms with van der Waals surface area (Å²) in [5, 5.41) is -0.816. The molecule has 228 valence electrons. The second kappa shape index (κ2) is 11.0. The van der Waals surface area contributed by atoms with Gasteiger partial charge in [-0.2, -0.15) is 4.98 Å². The zero-order valence-corrected chi connectivity index (χ0v) is 25.4. The van der Waals surface area contributed by atoms with Crippen LogP contribution in [0.4, 0.5) is 14.6 Å². The fourth-order valence-corrected chi connectivity index (χ4v) is 7.62. The molecule has 14 heteroatoms. The van der Waals surface area contributed by atoms with Gasteiger partial charge in [0.25, 0.3) is 0 Å². The van der Waals surface area contributed by atoms with Crippen LogP contribution >= 0.6 is 11.6 Å². The molecule has 1 saturated carbocycles. The lowest BCUT2D eigenvalue weighted by molar-refractivity contribution is -0.126. The monoisotopic (exact) mass is 640 g/mol. The molecule has 6 rings (SSSR count). The van der Waals surface area contributed by atoms with E-state index >= 15 is 0 Å². The van der Waals surface area contributed by atoms with Gasteiger partial charge in [-0.25, -0.2) is 36.5 Å². The van der Waals surface area contributed by atoms with Crippen LogP contribution in [0.15, 0.2) is 59.0 Å². The number of rotatable bonds is 6. The van der Waals surface area contributed by atoms with Crippen LogP contribution in [0.3, 0.4) is 0 Å². The van der Waals surface area contributed by atoms with E-state index in [0.29, 0.717) is 38.0 Å². The van der Waals surface area contributed by atoms with Crippen LogP contribution in [0, 0.1) is 18.6 Å². The number of hydrogen-bond donors (Lipinski definition) is 0. The van der Waals surface area contributed by atoms with Gasteiger partial charge in [0, 0.05) is 31.9 Å². The minimum Gasteiger partial charge on any atom is -0.350 e. The van der Waals surface area contributed by atoms with Crippen LogP contribution in [0.25, 0.3) is 28.0 Å². The number of halogens is 3. The van der Waals surface area contributed by atoms with E-state index in [1.807, 2.05) is 11.8 Å². The van der Waals surface area contributed by atoms with Crippen molar-refractivity contribution in [2.45, 2.75) is 43.0 Å². The number of carbonyl (C=O) groups excluding carboxylic acids is 1. The standard InChI is InChI=1S/C30H27ClF2N6O4S/c1-4-23(40)37-12-13-38(17(3)15-37)27-19-14-20(31)25(24-21(32)6-5-7-22(24)33)35-28(19)39(30(41)36-27)26-16(2)10-11-34-29(26)44(42,43)18-8-9-18/h4-7,10-11,14,17-18H,1,8-9,12-13,15H2,2-3H3/t17-/m0/s1. The number of anilines is 1. The summed E-state index contributed by atoms with van der Waals surface area (Å²) < 4.78 is 58.0. The van der Waals surface area contributed by atoms with Gasteiger partial charge in [0.15, 0.2) is 10.7 Å². The first-order chi connectivity index (χ1) is 20.9. The van der Waals surface area contributed by atoms with E-state index in [2.05, 4.69) is 21.5 Å². The number of piperazine rings is 1. The van der Waals surface area contributed by atoms with Crippen LogP contribution in [-0.4, -0.2) is 69.7 Å². The van der Waals surface area contributed by atoms with E-state index in [1.165, 1.54) is 24.4 Å². The van der Waals surface area contributed by atoms with Crippen LogP contribution in [0.5, 0.6) is 0 Å². The number of benzene rings is 1. The van der Waals surface area contributed by atoms with Gasteiger partial charge in [0.05, 0.1) is 32.6 Å². The summed E-state index contributed by atoms with van der Waals surface area (Å²) in [6.07, 6.45) is 3.51. The van der Waals surface area contributed by atoms with Gasteiger partial charge >= 0.3 is 5.69 Å². The number of pyridine rings is 2. The zero-order chi connectivity index (χ0) is 31.5. The fourth-order valence-electron chi connectivity index (χ4n) is 5.57. The molecule has 0 radical (unpaired) electrons. The van der Waals surface area contributed by atoms with Crippen LogP contribution < -0.4 is 10.6 Å². The predicted molar refractivity (Wildman–Crippen MR) is 162 cm³/mol. The first-order valence-electron chi connectivity index (χ1n) is 13.9. The lowest BCUT2D eigenvalue weighted by atomic mass is 10.1. The third kappa shape index (κ3) is 4.93. The summed E-state index contributed by atoms with van der Waals surface area (Å²) in [6, 6.07) is 5.97. The number of sulfone groups is 1. The van der Waals surface area contributed by atoms with Crippen LogP contribution in [0.2, 0.25) is 5.02 Å². The van der Waals surface area contributed by atoms with Gasteiger partial charge in [-0.1, -0.05) is 24.2 Å². The summed E-state index contributed by atoms with van der Waals surface area (Å²) in [5.74, 6) is -1.90. The molecule has 1 aliphatic heterocycles. The van der Waals surface area contributed by atoms with Gasteiger partial charge in [-0.3, -0.25) is 4.79 Å². The summed E-state index contributed by atoms with van der Waals surface area (Å²) >= 11 is 6.63. The first-order valence-corrected chi connectivity index (χ1v) is 15.8. The Morgan fingerprint density at radius 2 is 1.84 bits per heavy atom. The number of hydrogen-bond acceptors (Lipinski definition) is 8. The van der Waals surface area contributed by atoms with E-state index in [9.17, 15) is 26.8 Å². The molecule has 4 aromatic rings. The SMILES string of the molecule is C=CC(=O)N1CCN(c2nc(=O)n(-c3c(C)ccnc3S(=O)(=O)C3CC3)c3nc(-c4c(F)cccc4F)c(Cl)cc23)[C@@H](C)C1. The zero-order valence-electron chi connectivity index (χ0n) is 23.8. The highest BCUT2D eigenvalue weighted by Gasteiger charge is 2.40. The van der Waals surface area contributed by atoms with Crippen molar-refractivity contribution >= 4 is 44.2 Å². The van der Waals surface area contributed by atoms with E-state index in [-0.39, 0.29) is 50.2 Å². The van der Waals surface area contributed by atoms with Crippen molar-refractivity contribution in [3.8, 4) is 16.9 Å². The number of carbonyl (C=O) groups is 1. The first kappa shape index (κ1) is 29.8. The molecule has 0 spiro atoms. The molecule has 0 N–H and O–H groups in total. The van der Waals surface area contributed by atoms with Crippen molar-refractivity contribution in [1.82, 2.24) is 24.4 Å². The number of amides is 1. The number of nitrogens with zero attached hydrogens (tertiary/aromatic N) is 6. The third-order valence-corrected chi connectivity index (χ3v) is 10.4. The third-order valence-electron chi connectivity index (χ3n) is 7.94. The fraction of sp³-hybridized carbons (Fsp3) is 0.300. The number of aromatic nitrogens is 4. The maximum atomic E-state index is 15.0. The summed E-state index contributed by atoms with van der Waals surface area (Å²) in [6.45, 7) is 7.94. The normalized spacial score (nSPS) is 17.2. The molecule has 0 unspecified atom stereocenters. The molecule has 1 saturated heterocycles. The lowest BCUT2D eigenvalue weighted by Crippen LogP contribution is -2.54. The molecular weight excluding hydrogens is 614 g/mol. The van der Waals surface area contributed by atoms with Crippen molar-refractivity contribution in [1.29, 1.82) is 0 Å². The van der Waals surface area contributed by atoms with Crippen LogP contribution in [-0.2, 0) is 14.6 Å². The Labute approximate surface area is 256 Å². The Morgan fingerprint density at radius 3 is 2.48 bits per heavy atom. The Hall–Kier alpha value is -4.23. The quantitative estimate of drug-likeness (QED) is 0.287. The predicted octanol–water partition coefficient (Wildman–Crippen LogP) is 4.24. The average molecular weight is 641 g/mol. The molecule has 2 aliphatic rings. The number of fused-ring (bicyclic) bond motifs is 1. The van der Waals surface area contributed by atoms with E-state index in [4.69, 9.17) is 11.6 Å². The molecule has 1 amide bonds. The minimum absolute atomic E-state index is 0.0438. The van der Waals surface area contributed by atoms with Crippen molar-refractivity contribution in [3.05, 3.63) is 81.9 Å². The molecule has 0 bridgehead atoms.